The maximum absolute atomic E-state index is 12.0. The number of nitro benzene ring substituents is 1. The van der Waals surface area contributed by atoms with Crippen LogP contribution in [0.15, 0.2) is 46.2 Å². The summed E-state index contributed by atoms with van der Waals surface area (Å²) in [5, 5.41) is 20.4. The fourth-order valence-corrected chi connectivity index (χ4v) is 3.02. The number of carbonyl (C=O) groups is 1. The maximum Gasteiger partial charge on any atom is 0.331 e. The number of hydrogen-bond donors (Lipinski definition) is 0. The molecule has 2 heterocycles. The normalized spacial score (nSPS) is 12.2. The lowest BCUT2D eigenvalue weighted by Crippen LogP contribution is -2.06. The molecule has 0 aliphatic rings. The van der Waals surface area contributed by atoms with Crippen molar-refractivity contribution in [1.82, 2.24) is 10.2 Å². The Morgan fingerprint density at radius 2 is 2.04 bits per heavy atom. The molecule has 0 fully saturated rings. The highest BCUT2D eigenvalue weighted by Crippen LogP contribution is 2.24. The fourth-order valence-electron chi connectivity index (χ4n) is 2.20. The first-order valence-corrected chi connectivity index (χ1v) is 8.83. The van der Waals surface area contributed by atoms with Crippen LogP contribution in [0, 0.1) is 17.0 Å². The van der Waals surface area contributed by atoms with Gasteiger partial charge >= 0.3 is 5.97 Å². The van der Waals surface area contributed by atoms with E-state index < -0.39 is 17.0 Å². The zero-order valence-electron chi connectivity index (χ0n) is 14.5. The molecule has 3 aromatic rings. The van der Waals surface area contributed by atoms with Crippen LogP contribution < -0.4 is 0 Å². The van der Waals surface area contributed by atoms with E-state index in [4.69, 9.17) is 9.15 Å². The second-order valence-corrected chi connectivity index (χ2v) is 6.58. The van der Waals surface area contributed by atoms with E-state index in [2.05, 4.69) is 10.2 Å². The number of carbonyl (C=O) groups excluding carboxylic acids is 1. The molecule has 0 N–H and O–H groups in total. The van der Waals surface area contributed by atoms with Crippen molar-refractivity contribution in [2.75, 3.05) is 0 Å². The second-order valence-electron chi connectivity index (χ2n) is 5.63. The van der Waals surface area contributed by atoms with Crippen molar-refractivity contribution in [3.63, 3.8) is 0 Å². The molecule has 0 unspecified atom stereocenters. The number of aryl methyl sites for hydroxylation is 1. The number of nitro groups is 1. The van der Waals surface area contributed by atoms with Gasteiger partial charge in [-0.3, -0.25) is 10.1 Å². The molecular weight excluding hydrogens is 370 g/mol. The smallest absolute Gasteiger partial charge is 0.331 e. The van der Waals surface area contributed by atoms with Crippen LogP contribution in [0.4, 0.5) is 5.69 Å². The van der Waals surface area contributed by atoms with Crippen LogP contribution >= 0.6 is 11.3 Å². The molecule has 3 rings (SSSR count). The van der Waals surface area contributed by atoms with Crippen molar-refractivity contribution in [3.8, 4) is 11.5 Å². The topological polar surface area (TPSA) is 108 Å². The van der Waals surface area contributed by atoms with E-state index in [1.165, 1.54) is 41.7 Å². The van der Waals surface area contributed by atoms with Crippen LogP contribution in [-0.2, 0) is 9.53 Å². The van der Waals surface area contributed by atoms with Gasteiger partial charge in [0, 0.05) is 28.6 Å². The van der Waals surface area contributed by atoms with Gasteiger partial charge in [0.25, 0.3) is 11.6 Å². The molecular formula is C18H15N3O5S. The van der Waals surface area contributed by atoms with E-state index in [-0.39, 0.29) is 17.5 Å². The molecule has 2 aromatic heterocycles. The number of hydrogen-bond acceptors (Lipinski definition) is 8. The van der Waals surface area contributed by atoms with Gasteiger partial charge in [-0.05, 0) is 49.1 Å². The zero-order valence-corrected chi connectivity index (χ0v) is 15.3. The largest absolute Gasteiger partial charge is 0.449 e. The van der Waals surface area contributed by atoms with Gasteiger partial charge in [-0.15, -0.1) is 21.5 Å². The van der Waals surface area contributed by atoms with Gasteiger partial charge in [0.2, 0.25) is 5.89 Å². The van der Waals surface area contributed by atoms with Crippen LogP contribution in [0.2, 0.25) is 0 Å². The molecule has 8 nitrogen and oxygen atoms in total. The van der Waals surface area contributed by atoms with Gasteiger partial charge in [0.05, 0.1) is 4.92 Å². The van der Waals surface area contributed by atoms with Crippen molar-refractivity contribution in [2.45, 2.75) is 20.0 Å². The summed E-state index contributed by atoms with van der Waals surface area (Å²) >= 11 is 1.53. The third-order valence-corrected chi connectivity index (χ3v) is 4.66. The van der Waals surface area contributed by atoms with Crippen molar-refractivity contribution in [3.05, 3.63) is 68.2 Å². The standard InChI is InChI=1S/C18H15N3O5S/c1-11-9-10-27-15(11)7-8-16(22)25-12(2)17-19-20-18(26-17)13-3-5-14(6-4-13)21(23)24/h3-10,12H,1-2H3/b8-7+/t12-/m0/s1. The molecule has 1 aromatic carbocycles. The summed E-state index contributed by atoms with van der Waals surface area (Å²) in [5.41, 5.74) is 1.58. The number of benzene rings is 1. The predicted octanol–water partition coefficient (Wildman–Crippen LogP) is 4.33. The fraction of sp³-hybridized carbons (Fsp3) is 0.167. The SMILES string of the molecule is Cc1ccsc1/C=C/C(=O)O[C@@H](C)c1nnc(-c2ccc([N+](=O)[O-])cc2)o1. The summed E-state index contributed by atoms with van der Waals surface area (Å²) in [6.07, 6.45) is 2.32. The summed E-state index contributed by atoms with van der Waals surface area (Å²) in [4.78, 5) is 23.1. The Kier molecular flexibility index (Phi) is 5.41. The molecule has 0 aliphatic heterocycles. The number of esters is 1. The molecule has 0 bridgehead atoms. The number of thiophene rings is 1. The highest BCUT2D eigenvalue weighted by atomic mass is 32.1. The third-order valence-electron chi connectivity index (χ3n) is 3.68. The quantitative estimate of drug-likeness (QED) is 0.269. The molecule has 0 saturated carbocycles. The molecule has 138 valence electrons. The Bertz CT molecular complexity index is 991. The molecule has 0 aliphatic carbocycles. The van der Waals surface area contributed by atoms with Crippen molar-refractivity contribution in [2.24, 2.45) is 0 Å². The van der Waals surface area contributed by atoms with Gasteiger partial charge in [-0.2, -0.15) is 0 Å². The van der Waals surface area contributed by atoms with E-state index in [0.29, 0.717) is 5.56 Å². The van der Waals surface area contributed by atoms with E-state index in [1.807, 2.05) is 18.4 Å². The number of aromatic nitrogens is 2. The summed E-state index contributed by atoms with van der Waals surface area (Å²) in [6.45, 7) is 3.58. The predicted molar refractivity (Wildman–Crippen MR) is 99.0 cm³/mol. The monoisotopic (exact) mass is 385 g/mol. The number of nitrogens with zero attached hydrogens (tertiary/aromatic N) is 3. The molecule has 0 radical (unpaired) electrons. The number of rotatable bonds is 6. The summed E-state index contributed by atoms with van der Waals surface area (Å²) in [5.74, 6) is -0.199. The van der Waals surface area contributed by atoms with E-state index in [9.17, 15) is 14.9 Å². The van der Waals surface area contributed by atoms with E-state index in [1.54, 1.807) is 13.0 Å². The molecule has 27 heavy (non-hydrogen) atoms. The molecule has 0 spiro atoms. The van der Waals surface area contributed by atoms with Crippen LogP contribution in [0.1, 0.15) is 29.4 Å². The Balaban J connectivity index is 1.65. The molecule has 0 amide bonds. The summed E-state index contributed by atoms with van der Waals surface area (Å²) < 4.78 is 10.8. The Labute approximate surface area is 158 Å². The second kappa shape index (κ2) is 7.92. The average molecular weight is 385 g/mol. The molecule has 9 heteroatoms. The number of non-ortho nitro benzene ring substituents is 1. The van der Waals surface area contributed by atoms with Gasteiger partial charge in [0.15, 0.2) is 6.10 Å². The lowest BCUT2D eigenvalue weighted by atomic mass is 10.2. The van der Waals surface area contributed by atoms with E-state index in [0.717, 1.165) is 10.4 Å². The van der Waals surface area contributed by atoms with Crippen molar-refractivity contribution in [1.29, 1.82) is 0 Å². The first-order chi connectivity index (χ1) is 12.9. The molecule has 0 saturated heterocycles. The summed E-state index contributed by atoms with van der Waals surface area (Å²) in [6, 6.07) is 7.69. The van der Waals surface area contributed by atoms with Crippen molar-refractivity contribution < 1.29 is 18.9 Å². The van der Waals surface area contributed by atoms with Crippen LogP contribution in [0.25, 0.3) is 17.5 Å². The minimum Gasteiger partial charge on any atom is -0.449 e. The number of ether oxygens (including phenoxy) is 1. The van der Waals surface area contributed by atoms with Gasteiger partial charge in [-0.25, -0.2) is 4.79 Å². The van der Waals surface area contributed by atoms with E-state index >= 15 is 0 Å². The average Bonchev–Trinajstić information content (AvgIpc) is 3.29. The highest BCUT2D eigenvalue weighted by molar-refractivity contribution is 7.11. The van der Waals surface area contributed by atoms with Gasteiger partial charge < -0.3 is 9.15 Å². The lowest BCUT2D eigenvalue weighted by Gasteiger charge is -2.06. The van der Waals surface area contributed by atoms with Crippen LogP contribution in [-0.4, -0.2) is 21.1 Å². The maximum atomic E-state index is 12.0. The minimum atomic E-state index is -0.731. The Hall–Kier alpha value is -3.33. The van der Waals surface area contributed by atoms with Crippen LogP contribution in [0.5, 0.6) is 0 Å². The minimum absolute atomic E-state index is 0.0337. The first kappa shape index (κ1) is 18.5. The Morgan fingerprint density at radius 3 is 2.67 bits per heavy atom. The summed E-state index contributed by atoms with van der Waals surface area (Å²) in [7, 11) is 0. The highest BCUT2D eigenvalue weighted by Gasteiger charge is 2.18. The van der Waals surface area contributed by atoms with Gasteiger partial charge in [-0.1, -0.05) is 0 Å². The van der Waals surface area contributed by atoms with Crippen molar-refractivity contribution >= 4 is 29.1 Å². The van der Waals surface area contributed by atoms with Crippen LogP contribution in [0.3, 0.4) is 0 Å². The lowest BCUT2D eigenvalue weighted by molar-refractivity contribution is -0.384. The first-order valence-electron chi connectivity index (χ1n) is 7.95. The molecule has 1 atom stereocenters. The zero-order chi connectivity index (χ0) is 19.4. The van der Waals surface area contributed by atoms with Gasteiger partial charge in [0.1, 0.15) is 0 Å². The third kappa shape index (κ3) is 4.45. The Morgan fingerprint density at radius 1 is 1.30 bits per heavy atom.